The van der Waals surface area contributed by atoms with Crippen LogP contribution in [0.5, 0.6) is 0 Å². The van der Waals surface area contributed by atoms with Crippen LogP contribution in [-0.2, 0) is 6.42 Å². The van der Waals surface area contributed by atoms with Crippen LogP contribution in [0, 0.1) is 0 Å². The number of likely N-dealkylation sites (tertiary alicyclic amines) is 1. The average Bonchev–Trinajstić information content (AvgIpc) is 3.08. The molecule has 3 aromatic rings. The Kier molecular flexibility index (Phi) is 16.5. The summed E-state index contributed by atoms with van der Waals surface area (Å²) in [4.78, 5) is 27.4. The third kappa shape index (κ3) is 10.9. The van der Waals surface area contributed by atoms with Crippen molar-refractivity contribution in [2.75, 3.05) is 6.54 Å². The highest BCUT2D eigenvalue weighted by Gasteiger charge is 2.29. The van der Waals surface area contributed by atoms with Gasteiger partial charge in [0.15, 0.2) is 5.78 Å². The number of allylic oxidation sites excluding steroid dienone is 1. The first-order chi connectivity index (χ1) is 21.4. The molecule has 1 saturated heterocycles. The Morgan fingerprint density at radius 2 is 1.55 bits per heavy atom. The summed E-state index contributed by atoms with van der Waals surface area (Å²) in [5.74, 6) is 0.0537. The Labute approximate surface area is 266 Å². The van der Waals surface area contributed by atoms with Crippen molar-refractivity contribution in [3.05, 3.63) is 102 Å². The van der Waals surface area contributed by atoms with Gasteiger partial charge in [0.05, 0.1) is 0 Å². The molecule has 0 N–H and O–H groups in total. The van der Waals surface area contributed by atoms with Crippen molar-refractivity contribution in [2.24, 2.45) is 5.10 Å². The molecule has 1 aliphatic rings. The third-order valence-corrected chi connectivity index (χ3v) is 7.69. The fourth-order valence-corrected chi connectivity index (χ4v) is 5.13. The second kappa shape index (κ2) is 20.1. The fourth-order valence-electron chi connectivity index (χ4n) is 5.13. The first kappa shape index (κ1) is 36.2. The average molecular weight is 596 g/mol. The minimum absolute atomic E-state index is 0.0537. The number of piperidine rings is 1. The van der Waals surface area contributed by atoms with E-state index in [0.717, 1.165) is 67.3 Å². The van der Waals surface area contributed by atoms with Gasteiger partial charge in [0.1, 0.15) is 0 Å². The molecule has 1 heterocycles. The number of benzene rings is 3. The molecule has 0 spiro atoms. The van der Waals surface area contributed by atoms with Crippen molar-refractivity contribution in [1.29, 1.82) is 0 Å². The molecule has 3 aromatic carbocycles. The Bertz CT molecular complexity index is 1310. The van der Waals surface area contributed by atoms with Gasteiger partial charge in [-0.15, -0.1) is 0 Å². The maximum Gasteiger partial charge on any atom is 0.344 e. The van der Waals surface area contributed by atoms with E-state index in [2.05, 4.69) is 69.0 Å². The summed E-state index contributed by atoms with van der Waals surface area (Å²) >= 11 is 0. The van der Waals surface area contributed by atoms with E-state index in [1.165, 1.54) is 23.4 Å². The van der Waals surface area contributed by atoms with Gasteiger partial charge < -0.3 is 4.90 Å². The molecule has 44 heavy (non-hydrogen) atoms. The normalized spacial score (nSPS) is 14.4. The van der Waals surface area contributed by atoms with Crippen molar-refractivity contribution < 1.29 is 9.59 Å². The molecular formula is C39H53N3O2. The molecule has 0 radical (unpaired) electrons. The van der Waals surface area contributed by atoms with Gasteiger partial charge >= 0.3 is 6.03 Å². The topological polar surface area (TPSA) is 53.0 Å². The van der Waals surface area contributed by atoms with E-state index in [0.29, 0.717) is 5.56 Å². The zero-order valence-electron chi connectivity index (χ0n) is 27.9. The van der Waals surface area contributed by atoms with Gasteiger partial charge in [0.25, 0.3) is 0 Å². The van der Waals surface area contributed by atoms with E-state index in [1.54, 1.807) is 6.92 Å². The lowest BCUT2D eigenvalue weighted by Gasteiger charge is -2.37. The number of carbonyl (C=O) groups is 2. The van der Waals surface area contributed by atoms with E-state index in [4.69, 9.17) is 0 Å². The minimum Gasteiger partial charge on any atom is -0.320 e. The van der Waals surface area contributed by atoms with Crippen LogP contribution in [0.2, 0.25) is 0 Å². The number of amides is 2. The molecule has 0 bridgehead atoms. The molecular weight excluding hydrogens is 542 g/mol. The number of carbonyl (C=O) groups excluding carboxylic acids is 2. The van der Waals surface area contributed by atoms with E-state index in [1.807, 2.05) is 67.4 Å². The van der Waals surface area contributed by atoms with Crippen LogP contribution in [0.3, 0.4) is 0 Å². The quantitative estimate of drug-likeness (QED) is 0.133. The Hall–Kier alpha value is -3.99. The summed E-state index contributed by atoms with van der Waals surface area (Å²) in [5, 5.41) is 5.54. The number of Topliss-reactive ketones (excluding diaryl/α,β-unsaturated/α-hetero) is 1. The molecule has 1 aliphatic heterocycles. The van der Waals surface area contributed by atoms with Crippen molar-refractivity contribution in [3.8, 4) is 11.1 Å². The zero-order valence-corrected chi connectivity index (χ0v) is 27.9. The maximum atomic E-state index is 13.7. The van der Waals surface area contributed by atoms with Gasteiger partial charge in [0.2, 0.25) is 0 Å². The maximum absolute atomic E-state index is 13.7. The molecule has 1 atom stereocenters. The van der Waals surface area contributed by atoms with Crippen LogP contribution in [0.15, 0.2) is 90.2 Å². The molecule has 1 unspecified atom stereocenters. The van der Waals surface area contributed by atoms with Crippen LogP contribution >= 0.6 is 0 Å². The summed E-state index contributed by atoms with van der Waals surface area (Å²) in [6.45, 7) is 16.5. The monoisotopic (exact) mass is 595 g/mol. The van der Waals surface area contributed by atoms with E-state index in [9.17, 15) is 9.59 Å². The second-order valence-corrected chi connectivity index (χ2v) is 10.9. The van der Waals surface area contributed by atoms with Gasteiger partial charge in [-0.2, -0.15) is 10.1 Å². The zero-order chi connectivity index (χ0) is 32.3. The van der Waals surface area contributed by atoms with Gasteiger partial charge in [0, 0.05) is 31.1 Å². The number of rotatable bonds is 10. The summed E-state index contributed by atoms with van der Waals surface area (Å²) in [5.41, 5.74) is 6.07. The Morgan fingerprint density at radius 1 is 0.864 bits per heavy atom. The highest BCUT2D eigenvalue weighted by Crippen LogP contribution is 2.28. The molecule has 5 nitrogen and oxygen atoms in total. The molecule has 4 rings (SSSR count). The lowest BCUT2D eigenvalue weighted by atomic mass is 9.96. The fraction of sp³-hybridized carbons (Fsp3) is 0.410. The molecule has 2 amide bonds. The van der Waals surface area contributed by atoms with Crippen LogP contribution < -0.4 is 0 Å². The lowest BCUT2D eigenvalue weighted by Crippen LogP contribution is -2.48. The largest absolute Gasteiger partial charge is 0.344 e. The molecule has 5 heteroatoms. The van der Waals surface area contributed by atoms with Crippen LogP contribution in [-0.4, -0.2) is 41.0 Å². The van der Waals surface area contributed by atoms with Crippen molar-refractivity contribution in [1.82, 2.24) is 9.91 Å². The summed E-state index contributed by atoms with van der Waals surface area (Å²) in [6, 6.07) is 26.3. The summed E-state index contributed by atoms with van der Waals surface area (Å²) in [6.07, 6.45) is 10.2. The molecule has 0 aromatic heterocycles. The minimum atomic E-state index is -0.119. The van der Waals surface area contributed by atoms with Gasteiger partial charge in [-0.3, -0.25) is 4.79 Å². The standard InChI is InChI=1S/C33H37N3O2.C4H10.C2H6/c1-4-11-31(28-19-17-27(18-20-28)30-15-10-14-29(23-30)25(2)37)24-36(34-3)33(38)35-21-9-8-16-32(35)22-26-12-6-5-7-13-26;1-3-4-2;1-2/h5-7,10,12-15,17-20,23-24,32H,3-4,8-9,11,16,21-22H2,1-2H3;3-4H2,1-2H3;1-2H3/b31-24+;;. The number of urea groups is 1. The molecule has 0 aliphatic carbocycles. The molecule has 0 saturated carbocycles. The molecule has 1 fully saturated rings. The number of hydrazone groups is 1. The molecule has 236 valence electrons. The Morgan fingerprint density at radius 3 is 2.14 bits per heavy atom. The first-order valence-corrected chi connectivity index (χ1v) is 16.4. The Balaban J connectivity index is 0.00000104. The number of hydrogen-bond donors (Lipinski definition) is 0. The second-order valence-electron chi connectivity index (χ2n) is 10.9. The highest BCUT2D eigenvalue weighted by molar-refractivity contribution is 5.95. The van der Waals surface area contributed by atoms with Crippen LogP contribution in [0.4, 0.5) is 4.79 Å². The summed E-state index contributed by atoms with van der Waals surface area (Å²) in [7, 11) is 0. The van der Waals surface area contributed by atoms with E-state index < -0.39 is 0 Å². The smallest absolute Gasteiger partial charge is 0.320 e. The van der Waals surface area contributed by atoms with Gasteiger partial charge in [-0.25, -0.2) is 4.79 Å². The number of unbranched alkanes of at least 4 members (excludes halogenated alkanes) is 1. The van der Waals surface area contributed by atoms with Crippen LogP contribution in [0.1, 0.15) is 108 Å². The highest BCUT2D eigenvalue weighted by atomic mass is 16.2. The number of ketones is 1. The van der Waals surface area contributed by atoms with Crippen molar-refractivity contribution >= 4 is 24.1 Å². The van der Waals surface area contributed by atoms with Crippen molar-refractivity contribution in [3.63, 3.8) is 0 Å². The SMILES string of the molecule is C=NN(/C=C(\CCC)c1ccc(-c2cccc(C(C)=O)c2)cc1)C(=O)N1CCCCC1Cc1ccccc1.CC.CCCC. The van der Waals surface area contributed by atoms with E-state index in [-0.39, 0.29) is 17.9 Å². The van der Waals surface area contributed by atoms with Gasteiger partial charge in [-0.05, 0) is 72.9 Å². The third-order valence-electron chi connectivity index (χ3n) is 7.69. The number of hydrogen-bond acceptors (Lipinski definition) is 3. The summed E-state index contributed by atoms with van der Waals surface area (Å²) < 4.78 is 0. The first-order valence-electron chi connectivity index (χ1n) is 16.4. The van der Waals surface area contributed by atoms with E-state index >= 15 is 0 Å². The lowest BCUT2D eigenvalue weighted by molar-refractivity contribution is 0.101. The predicted octanol–water partition coefficient (Wildman–Crippen LogP) is 10.7. The van der Waals surface area contributed by atoms with Gasteiger partial charge in [-0.1, -0.05) is 127 Å². The predicted molar refractivity (Wildman–Crippen MR) is 188 cm³/mol. The van der Waals surface area contributed by atoms with Crippen LogP contribution in [0.25, 0.3) is 16.7 Å². The number of nitrogens with zero attached hydrogens (tertiary/aromatic N) is 3. The van der Waals surface area contributed by atoms with Crippen molar-refractivity contribution in [2.45, 2.75) is 99.0 Å².